The first-order chi connectivity index (χ1) is 13.1. The van der Waals surface area contributed by atoms with Crippen LogP contribution in [0.2, 0.25) is 0 Å². The van der Waals surface area contributed by atoms with E-state index >= 15 is 0 Å². The van der Waals surface area contributed by atoms with Gasteiger partial charge in [0.1, 0.15) is 6.04 Å². The largest absolute Gasteiger partial charge is 0.493 e. The van der Waals surface area contributed by atoms with Gasteiger partial charge in [0, 0.05) is 13.0 Å². The average molecular weight is 390 g/mol. The number of hydrogen-bond donors (Lipinski definition) is 2. The molecule has 0 spiro atoms. The molecular formula is C21H27NO4S. The lowest BCUT2D eigenvalue weighted by Crippen LogP contribution is -2.36. The maximum atomic E-state index is 11.3. The highest BCUT2D eigenvalue weighted by Crippen LogP contribution is 2.28. The monoisotopic (exact) mass is 389 g/mol. The molecule has 1 atom stereocenters. The number of nitrogens with one attached hydrogen (secondary N) is 1. The summed E-state index contributed by atoms with van der Waals surface area (Å²) in [6, 6.07) is 15.3. The molecule has 6 heteroatoms. The second kappa shape index (κ2) is 11.5. The van der Waals surface area contributed by atoms with Crippen LogP contribution in [0, 0.1) is 0 Å². The summed E-state index contributed by atoms with van der Waals surface area (Å²) in [5.41, 5.74) is 2.18. The van der Waals surface area contributed by atoms with Gasteiger partial charge >= 0.3 is 5.97 Å². The molecule has 2 aromatic rings. The molecule has 0 fully saturated rings. The van der Waals surface area contributed by atoms with Crippen molar-refractivity contribution in [1.82, 2.24) is 5.32 Å². The first-order valence-electron chi connectivity index (χ1n) is 8.92. The summed E-state index contributed by atoms with van der Waals surface area (Å²) < 4.78 is 11.3. The number of ether oxygens (including phenoxy) is 2. The minimum atomic E-state index is -0.822. The third kappa shape index (κ3) is 7.15. The molecule has 146 valence electrons. The van der Waals surface area contributed by atoms with E-state index in [0.29, 0.717) is 31.1 Å². The van der Waals surface area contributed by atoms with Crippen LogP contribution in [-0.4, -0.2) is 42.8 Å². The summed E-state index contributed by atoms with van der Waals surface area (Å²) in [6.07, 6.45) is 3.39. The standard InChI is InChI=1S/C21H27NO4S/c1-25-20-14-17(15-22-18(21(23)24)11-13-27-2)8-9-19(20)26-12-10-16-6-4-3-5-7-16/h3-9,14,18,22H,10-13,15H2,1-2H3,(H,23,24). The number of rotatable bonds is 12. The molecule has 0 bridgehead atoms. The average Bonchev–Trinajstić information content (AvgIpc) is 2.69. The number of carboxylic acid groups (broad SMARTS) is 1. The number of carbonyl (C=O) groups is 1. The summed E-state index contributed by atoms with van der Waals surface area (Å²) >= 11 is 1.64. The van der Waals surface area contributed by atoms with Crippen LogP contribution in [0.1, 0.15) is 17.5 Å². The fraction of sp³-hybridized carbons (Fsp3) is 0.381. The van der Waals surface area contributed by atoms with Crippen molar-refractivity contribution in [3.63, 3.8) is 0 Å². The Labute approximate surface area is 165 Å². The number of thioether (sulfide) groups is 1. The van der Waals surface area contributed by atoms with Gasteiger partial charge in [-0.15, -0.1) is 0 Å². The van der Waals surface area contributed by atoms with Gasteiger partial charge in [0.05, 0.1) is 13.7 Å². The SMILES string of the molecule is COc1cc(CNC(CCSC)C(=O)O)ccc1OCCc1ccccc1. The lowest BCUT2D eigenvalue weighted by Gasteiger charge is -2.16. The van der Waals surface area contributed by atoms with E-state index < -0.39 is 12.0 Å². The molecule has 0 amide bonds. The molecule has 0 aromatic heterocycles. The Morgan fingerprint density at radius 3 is 2.59 bits per heavy atom. The zero-order valence-electron chi connectivity index (χ0n) is 15.8. The lowest BCUT2D eigenvalue weighted by molar-refractivity contribution is -0.139. The second-order valence-electron chi connectivity index (χ2n) is 6.12. The van der Waals surface area contributed by atoms with Gasteiger partial charge in [0.25, 0.3) is 0 Å². The van der Waals surface area contributed by atoms with Gasteiger partial charge in [-0.25, -0.2) is 0 Å². The molecule has 2 rings (SSSR count). The van der Waals surface area contributed by atoms with Gasteiger partial charge in [-0.2, -0.15) is 11.8 Å². The van der Waals surface area contributed by atoms with Crippen LogP contribution in [-0.2, 0) is 17.8 Å². The van der Waals surface area contributed by atoms with E-state index in [0.717, 1.165) is 17.7 Å². The molecule has 0 saturated heterocycles. The van der Waals surface area contributed by atoms with Crippen LogP contribution in [0.4, 0.5) is 0 Å². The lowest BCUT2D eigenvalue weighted by atomic mass is 10.1. The van der Waals surface area contributed by atoms with Crippen molar-refractivity contribution in [3.8, 4) is 11.5 Å². The van der Waals surface area contributed by atoms with Crippen LogP contribution in [0.5, 0.6) is 11.5 Å². The van der Waals surface area contributed by atoms with Crippen LogP contribution < -0.4 is 14.8 Å². The van der Waals surface area contributed by atoms with Crippen LogP contribution in [0.25, 0.3) is 0 Å². The smallest absolute Gasteiger partial charge is 0.320 e. The van der Waals surface area contributed by atoms with Crippen LogP contribution >= 0.6 is 11.8 Å². The van der Waals surface area contributed by atoms with Crippen molar-refractivity contribution in [1.29, 1.82) is 0 Å². The van der Waals surface area contributed by atoms with Crippen LogP contribution in [0.3, 0.4) is 0 Å². The zero-order chi connectivity index (χ0) is 19.5. The Morgan fingerprint density at radius 1 is 1.15 bits per heavy atom. The Bertz CT molecular complexity index is 709. The summed E-state index contributed by atoms with van der Waals surface area (Å²) in [6.45, 7) is 1.03. The van der Waals surface area contributed by atoms with Gasteiger partial charge in [-0.1, -0.05) is 36.4 Å². The summed E-state index contributed by atoms with van der Waals surface area (Å²) in [5, 5.41) is 12.4. The van der Waals surface area contributed by atoms with E-state index in [1.54, 1.807) is 18.9 Å². The van der Waals surface area contributed by atoms with Crippen molar-refractivity contribution in [3.05, 3.63) is 59.7 Å². The maximum absolute atomic E-state index is 11.3. The predicted molar refractivity (Wildman–Crippen MR) is 110 cm³/mol. The number of carboxylic acids is 1. The molecule has 5 nitrogen and oxygen atoms in total. The molecule has 0 heterocycles. The molecule has 0 aliphatic rings. The number of hydrogen-bond acceptors (Lipinski definition) is 5. The van der Waals surface area contributed by atoms with Gasteiger partial charge in [-0.05, 0) is 41.7 Å². The van der Waals surface area contributed by atoms with Crippen molar-refractivity contribution < 1.29 is 19.4 Å². The summed E-state index contributed by atoms with van der Waals surface area (Å²) in [4.78, 5) is 11.3. The molecule has 0 aliphatic heterocycles. The second-order valence-corrected chi connectivity index (χ2v) is 7.11. The fourth-order valence-electron chi connectivity index (χ4n) is 2.65. The Hall–Kier alpha value is -2.18. The molecule has 2 N–H and O–H groups in total. The molecular weight excluding hydrogens is 362 g/mol. The minimum Gasteiger partial charge on any atom is -0.493 e. The third-order valence-electron chi connectivity index (χ3n) is 4.18. The topological polar surface area (TPSA) is 67.8 Å². The molecule has 2 aromatic carbocycles. The minimum absolute atomic E-state index is 0.464. The molecule has 0 aliphatic carbocycles. The van der Waals surface area contributed by atoms with Crippen molar-refractivity contribution in [2.45, 2.75) is 25.4 Å². The highest BCUT2D eigenvalue weighted by Gasteiger charge is 2.16. The van der Waals surface area contributed by atoms with Gasteiger partial charge in [0.15, 0.2) is 11.5 Å². The van der Waals surface area contributed by atoms with E-state index in [4.69, 9.17) is 9.47 Å². The quantitative estimate of drug-likeness (QED) is 0.578. The van der Waals surface area contributed by atoms with Gasteiger partial charge < -0.3 is 19.9 Å². The number of aliphatic carboxylic acids is 1. The van der Waals surface area contributed by atoms with E-state index in [-0.39, 0.29) is 0 Å². The van der Waals surface area contributed by atoms with Crippen molar-refractivity contribution >= 4 is 17.7 Å². The highest BCUT2D eigenvalue weighted by atomic mass is 32.2. The van der Waals surface area contributed by atoms with E-state index in [2.05, 4.69) is 17.4 Å². The summed E-state index contributed by atoms with van der Waals surface area (Å²) in [5.74, 6) is 1.33. The van der Waals surface area contributed by atoms with E-state index in [1.165, 1.54) is 5.56 Å². The van der Waals surface area contributed by atoms with Crippen molar-refractivity contribution in [2.24, 2.45) is 0 Å². The van der Waals surface area contributed by atoms with Gasteiger partial charge in [-0.3, -0.25) is 4.79 Å². The van der Waals surface area contributed by atoms with Gasteiger partial charge in [0.2, 0.25) is 0 Å². The summed E-state index contributed by atoms with van der Waals surface area (Å²) in [7, 11) is 1.61. The normalized spacial score (nSPS) is 11.8. The molecule has 1 unspecified atom stereocenters. The van der Waals surface area contributed by atoms with Crippen molar-refractivity contribution in [2.75, 3.05) is 25.7 Å². The number of methoxy groups -OCH3 is 1. The number of benzene rings is 2. The first kappa shape index (κ1) is 21.1. The fourth-order valence-corrected chi connectivity index (χ4v) is 3.13. The van der Waals surface area contributed by atoms with Crippen LogP contribution in [0.15, 0.2) is 48.5 Å². The Morgan fingerprint density at radius 2 is 1.93 bits per heavy atom. The molecule has 0 radical (unpaired) electrons. The zero-order valence-corrected chi connectivity index (χ0v) is 16.6. The maximum Gasteiger partial charge on any atom is 0.320 e. The first-order valence-corrected chi connectivity index (χ1v) is 10.3. The van der Waals surface area contributed by atoms with E-state index in [1.807, 2.05) is 42.7 Å². The molecule has 0 saturated carbocycles. The molecule has 27 heavy (non-hydrogen) atoms. The predicted octanol–water partition coefficient (Wildman–Crippen LogP) is 3.61. The highest BCUT2D eigenvalue weighted by molar-refractivity contribution is 7.98. The van der Waals surface area contributed by atoms with E-state index in [9.17, 15) is 9.90 Å². The third-order valence-corrected chi connectivity index (χ3v) is 4.82. The Balaban J connectivity index is 1.91. The Kier molecular flexibility index (Phi) is 9.01.